The third-order valence-corrected chi connectivity index (χ3v) is 5.23. The van der Waals surface area contributed by atoms with Crippen molar-refractivity contribution in [2.24, 2.45) is 0 Å². The van der Waals surface area contributed by atoms with Crippen LogP contribution in [-0.4, -0.2) is 21.5 Å². The Morgan fingerprint density at radius 2 is 1.06 bits per heavy atom. The molecule has 0 spiro atoms. The molecule has 0 unspecified atom stereocenters. The zero-order valence-corrected chi connectivity index (χ0v) is 17.3. The van der Waals surface area contributed by atoms with Gasteiger partial charge in [0.2, 0.25) is 0 Å². The Hall–Kier alpha value is -4.05. The fourth-order valence-corrected chi connectivity index (χ4v) is 3.77. The highest BCUT2D eigenvalue weighted by atomic mass is 15.0. The summed E-state index contributed by atoms with van der Waals surface area (Å²) >= 11 is 0. The lowest BCUT2D eigenvalue weighted by molar-refractivity contribution is 1.08. The Labute approximate surface area is 181 Å². The molecule has 0 fully saturated rings. The minimum atomic E-state index is 0.671. The number of nitrogens with zero attached hydrogens (tertiary/aromatic N) is 3. The first-order valence-corrected chi connectivity index (χ1v) is 10.5. The van der Waals surface area contributed by atoms with Crippen molar-refractivity contribution >= 4 is 16.5 Å². The quantitative estimate of drug-likeness (QED) is 0.367. The van der Waals surface area contributed by atoms with Crippen LogP contribution in [0, 0.1) is 0 Å². The summed E-state index contributed by atoms with van der Waals surface area (Å²) in [4.78, 5) is 14.6. The smallest absolute Gasteiger partial charge is 0.164 e. The summed E-state index contributed by atoms with van der Waals surface area (Å²) in [5.74, 6) is 2.01. The molecule has 0 bridgehead atoms. The molecule has 5 rings (SSSR count). The van der Waals surface area contributed by atoms with Gasteiger partial charge in [-0.25, -0.2) is 15.0 Å². The highest BCUT2D eigenvalue weighted by molar-refractivity contribution is 6.02. The van der Waals surface area contributed by atoms with E-state index in [1.807, 2.05) is 60.7 Å². The summed E-state index contributed by atoms with van der Waals surface area (Å²) in [6.07, 6.45) is 0. The molecule has 4 heteroatoms. The summed E-state index contributed by atoms with van der Waals surface area (Å²) in [7, 11) is 0. The number of rotatable bonds is 5. The van der Waals surface area contributed by atoms with Gasteiger partial charge in [-0.2, -0.15) is 0 Å². The molecular weight excluding hydrogens is 380 g/mol. The monoisotopic (exact) mass is 402 g/mol. The van der Waals surface area contributed by atoms with Crippen molar-refractivity contribution in [3.8, 4) is 34.2 Å². The van der Waals surface area contributed by atoms with E-state index in [-0.39, 0.29) is 0 Å². The van der Waals surface area contributed by atoms with E-state index < -0.39 is 0 Å². The number of aromatic nitrogens is 3. The molecule has 0 saturated carbocycles. The largest absolute Gasteiger partial charge is 0.385 e. The summed E-state index contributed by atoms with van der Waals surface area (Å²) in [6, 6.07) is 32.7. The Morgan fingerprint density at radius 3 is 1.65 bits per heavy atom. The van der Waals surface area contributed by atoms with Crippen molar-refractivity contribution < 1.29 is 0 Å². The maximum atomic E-state index is 4.88. The Balaban J connectivity index is 1.75. The second kappa shape index (κ2) is 8.36. The summed E-state index contributed by atoms with van der Waals surface area (Å²) < 4.78 is 0. The Morgan fingerprint density at radius 1 is 0.548 bits per heavy atom. The zero-order valence-electron chi connectivity index (χ0n) is 17.3. The Bertz CT molecular complexity index is 1270. The number of fused-ring (bicyclic) bond motifs is 1. The van der Waals surface area contributed by atoms with Crippen LogP contribution in [0.1, 0.15) is 6.92 Å². The molecule has 1 N–H and O–H groups in total. The van der Waals surface area contributed by atoms with Gasteiger partial charge in [0.15, 0.2) is 17.5 Å². The summed E-state index contributed by atoms with van der Waals surface area (Å²) in [6.45, 7) is 2.97. The van der Waals surface area contributed by atoms with Gasteiger partial charge in [0.1, 0.15) is 0 Å². The number of benzene rings is 4. The molecule has 0 aliphatic rings. The lowest BCUT2D eigenvalue weighted by Gasteiger charge is -2.13. The van der Waals surface area contributed by atoms with Gasteiger partial charge in [0.05, 0.1) is 0 Å². The molecule has 150 valence electrons. The van der Waals surface area contributed by atoms with Gasteiger partial charge in [-0.1, -0.05) is 84.9 Å². The van der Waals surface area contributed by atoms with Gasteiger partial charge in [0, 0.05) is 34.3 Å². The molecule has 0 saturated heterocycles. The summed E-state index contributed by atoms with van der Waals surface area (Å²) in [5.41, 5.74) is 4.05. The van der Waals surface area contributed by atoms with Crippen LogP contribution in [0.15, 0.2) is 97.1 Å². The van der Waals surface area contributed by atoms with Crippen molar-refractivity contribution in [3.63, 3.8) is 0 Å². The van der Waals surface area contributed by atoms with Crippen molar-refractivity contribution in [1.82, 2.24) is 15.0 Å². The minimum absolute atomic E-state index is 0.671. The number of hydrogen-bond donors (Lipinski definition) is 1. The zero-order chi connectivity index (χ0) is 21.0. The highest BCUT2D eigenvalue weighted by Crippen LogP contribution is 2.33. The van der Waals surface area contributed by atoms with E-state index in [0.29, 0.717) is 17.5 Å². The van der Waals surface area contributed by atoms with Gasteiger partial charge in [-0.15, -0.1) is 0 Å². The van der Waals surface area contributed by atoms with E-state index in [1.165, 1.54) is 0 Å². The number of anilines is 1. The SMILES string of the molecule is CCNc1ccc(-c2nc(-c3ccccc3)nc(-c3ccccc3)n2)c2ccccc12. The normalized spacial score (nSPS) is 10.9. The van der Waals surface area contributed by atoms with E-state index in [0.717, 1.165) is 39.7 Å². The van der Waals surface area contributed by atoms with Gasteiger partial charge in [-0.3, -0.25) is 0 Å². The molecule has 5 aromatic rings. The number of nitrogens with one attached hydrogen (secondary N) is 1. The first kappa shape index (κ1) is 18.9. The van der Waals surface area contributed by atoms with Crippen LogP contribution in [0.5, 0.6) is 0 Å². The van der Waals surface area contributed by atoms with Gasteiger partial charge in [-0.05, 0) is 24.4 Å². The van der Waals surface area contributed by atoms with Crippen LogP contribution in [0.3, 0.4) is 0 Å². The molecule has 0 aliphatic carbocycles. The lowest BCUT2D eigenvalue weighted by Crippen LogP contribution is -2.01. The third-order valence-electron chi connectivity index (χ3n) is 5.23. The van der Waals surface area contributed by atoms with Crippen molar-refractivity contribution in [1.29, 1.82) is 0 Å². The maximum Gasteiger partial charge on any atom is 0.164 e. The first-order valence-electron chi connectivity index (χ1n) is 10.5. The molecule has 4 aromatic carbocycles. The van der Waals surface area contributed by atoms with E-state index in [2.05, 4.69) is 48.6 Å². The van der Waals surface area contributed by atoms with E-state index in [1.54, 1.807) is 0 Å². The average molecular weight is 403 g/mol. The van der Waals surface area contributed by atoms with Crippen LogP contribution >= 0.6 is 0 Å². The second-order valence-electron chi connectivity index (χ2n) is 7.27. The fourth-order valence-electron chi connectivity index (χ4n) is 3.77. The van der Waals surface area contributed by atoms with Crippen LogP contribution < -0.4 is 5.32 Å². The number of hydrogen-bond acceptors (Lipinski definition) is 4. The van der Waals surface area contributed by atoms with E-state index in [9.17, 15) is 0 Å². The molecule has 0 radical (unpaired) electrons. The predicted octanol–water partition coefficient (Wildman–Crippen LogP) is 6.46. The molecule has 0 amide bonds. The van der Waals surface area contributed by atoms with E-state index >= 15 is 0 Å². The Kier molecular flexibility index (Phi) is 5.11. The maximum absolute atomic E-state index is 4.88. The summed E-state index contributed by atoms with van der Waals surface area (Å²) in [5, 5.41) is 5.72. The van der Waals surface area contributed by atoms with Gasteiger partial charge >= 0.3 is 0 Å². The second-order valence-corrected chi connectivity index (χ2v) is 7.27. The molecule has 4 nitrogen and oxygen atoms in total. The van der Waals surface area contributed by atoms with Crippen molar-refractivity contribution in [2.75, 3.05) is 11.9 Å². The molecule has 1 aromatic heterocycles. The third kappa shape index (κ3) is 3.76. The molecule has 31 heavy (non-hydrogen) atoms. The van der Waals surface area contributed by atoms with Crippen LogP contribution in [0.2, 0.25) is 0 Å². The van der Waals surface area contributed by atoms with Crippen LogP contribution in [0.25, 0.3) is 44.9 Å². The van der Waals surface area contributed by atoms with Crippen LogP contribution in [-0.2, 0) is 0 Å². The van der Waals surface area contributed by atoms with Crippen molar-refractivity contribution in [2.45, 2.75) is 6.92 Å². The predicted molar refractivity (Wildman–Crippen MR) is 128 cm³/mol. The molecular formula is C27H22N4. The van der Waals surface area contributed by atoms with E-state index in [4.69, 9.17) is 15.0 Å². The fraction of sp³-hybridized carbons (Fsp3) is 0.0741. The van der Waals surface area contributed by atoms with Crippen molar-refractivity contribution in [3.05, 3.63) is 97.1 Å². The molecule has 1 heterocycles. The van der Waals surface area contributed by atoms with Crippen LogP contribution in [0.4, 0.5) is 5.69 Å². The molecule has 0 aliphatic heterocycles. The minimum Gasteiger partial charge on any atom is -0.385 e. The average Bonchev–Trinajstić information content (AvgIpc) is 2.85. The molecule has 0 atom stereocenters. The highest BCUT2D eigenvalue weighted by Gasteiger charge is 2.15. The van der Waals surface area contributed by atoms with Gasteiger partial charge < -0.3 is 5.32 Å². The topological polar surface area (TPSA) is 50.7 Å². The standard InChI is InChI=1S/C27H22N4/c1-2-28-24-18-17-23(21-15-9-10-16-22(21)24)27-30-25(19-11-5-3-6-12-19)29-26(31-27)20-13-7-4-8-14-20/h3-18,28H,2H2,1H3. The van der Waals surface area contributed by atoms with Gasteiger partial charge in [0.25, 0.3) is 0 Å². The lowest BCUT2D eigenvalue weighted by atomic mass is 10.0. The first-order chi connectivity index (χ1) is 15.3.